The summed E-state index contributed by atoms with van der Waals surface area (Å²) < 4.78 is 10.4. The van der Waals surface area contributed by atoms with Crippen LogP contribution in [0.1, 0.15) is 30.6 Å². The summed E-state index contributed by atoms with van der Waals surface area (Å²) in [5, 5.41) is 0. The van der Waals surface area contributed by atoms with Crippen molar-refractivity contribution in [2.45, 2.75) is 26.3 Å². The van der Waals surface area contributed by atoms with E-state index in [0.29, 0.717) is 23.1 Å². The molecule has 7 atom stereocenters. The highest BCUT2D eigenvalue weighted by molar-refractivity contribution is 6.09. The lowest BCUT2D eigenvalue weighted by atomic mass is 9.63. The van der Waals surface area contributed by atoms with Crippen LogP contribution in [0.5, 0.6) is 5.75 Å². The van der Waals surface area contributed by atoms with Crippen molar-refractivity contribution < 1.29 is 28.7 Å². The minimum Gasteiger partial charge on any atom is -0.497 e. The Balaban J connectivity index is 1.30. The Kier molecular flexibility index (Phi) is 4.95. The summed E-state index contributed by atoms with van der Waals surface area (Å²) in [5.74, 6) is -0.862. The fourth-order valence-electron chi connectivity index (χ4n) is 6.01. The summed E-state index contributed by atoms with van der Waals surface area (Å²) in [6, 6.07) is 5.48. The fraction of sp³-hybridized carbons (Fsp3) is 0.520. The zero-order chi connectivity index (χ0) is 22.7. The van der Waals surface area contributed by atoms with E-state index in [1.54, 1.807) is 38.1 Å². The first-order chi connectivity index (χ1) is 15.3. The Morgan fingerprint density at radius 1 is 1.00 bits per heavy atom. The predicted molar refractivity (Wildman–Crippen MR) is 113 cm³/mol. The number of carbonyl (C=O) groups is 4. The highest BCUT2D eigenvalue weighted by atomic mass is 16.5. The molecule has 2 amide bonds. The zero-order valence-electron chi connectivity index (χ0n) is 18.4. The third-order valence-electron chi connectivity index (χ3n) is 7.61. The van der Waals surface area contributed by atoms with Crippen LogP contribution in [0.15, 0.2) is 36.4 Å². The van der Waals surface area contributed by atoms with E-state index in [2.05, 4.69) is 12.2 Å². The van der Waals surface area contributed by atoms with Crippen molar-refractivity contribution in [3.05, 3.63) is 42.0 Å². The number of methoxy groups -OCH3 is 1. The Morgan fingerprint density at radius 2 is 1.56 bits per heavy atom. The second-order valence-electron chi connectivity index (χ2n) is 9.65. The molecule has 6 rings (SSSR count). The first kappa shape index (κ1) is 20.9. The van der Waals surface area contributed by atoms with Crippen LogP contribution < -0.4 is 4.74 Å². The lowest BCUT2D eigenvalue weighted by molar-refractivity contribution is -0.160. The van der Waals surface area contributed by atoms with Crippen LogP contribution in [0.25, 0.3) is 0 Å². The van der Waals surface area contributed by atoms with Gasteiger partial charge in [-0.15, -0.1) is 0 Å². The normalized spacial score (nSPS) is 32.6. The smallest absolute Gasteiger partial charge is 0.330 e. The van der Waals surface area contributed by atoms with Gasteiger partial charge in [-0.2, -0.15) is 0 Å². The quantitative estimate of drug-likeness (QED) is 0.282. The fourth-order valence-corrected chi connectivity index (χ4v) is 6.01. The second kappa shape index (κ2) is 7.57. The van der Waals surface area contributed by atoms with Gasteiger partial charge >= 0.3 is 5.97 Å². The van der Waals surface area contributed by atoms with Gasteiger partial charge in [-0.05, 0) is 60.3 Å². The molecule has 0 aromatic heterocycles. The number of hydrogen-bond donors (Lipinski definition) is 0. The van der Waals surface area contributed by atoms with Gasteiger partial charge in [-0.1, -0.05) is 26.0 Å². The van der Waals surface area contributed by atoms with Crippen molar-refractivity contribution in [3.63, 3.8) is 0 Å². The molecule has 1 aliphatic heterocycles. The molecule has 168 valence electrons. The van der Waals surface area contributed by atoms with Gasteiger partial charge in [0.2, 0.25) is 11.8 Å². The van der Waals surface area contributed by atoms with E-state index >= 15 is 0 Å². The van der Waals surface area contributed by atoms with Gasteiger partial charge in [0.05, 0.1) is 18.9 Å². The maximum absolute atomic E-state index is 13.4. The number of likely N-dealkylation sites (tertiary alicyclic amines) is 1. The number of amides is 2. The molecular weight excluding hydrogens is 410 g/mol. The van der Waals surface area contributed by atoms with Crippen LogP contribution in [0.2, 0.25) is 0 Å². The van der Waals surface area contributed by atoms with Crippen LogP contribution >= 0.6 is 0 Å². The Bertz CT molecular complexity index is 976. The summed E-state index contributed by atoms with van der Waals surface area (Å²) in [6.07, 6.45) is 5.29. The first-order valence-electron chi connectivity index (χ1n) is 11.2. The van der Waals surface area contributed by atoms with Crippen molar-refractivity contribution in [3.8, 4) is 5.75 Å². The van der Waals surface area contributed by atoms with E-state index in [4.69, 9.17) is 9.47 Å². The molecule has 2 saturated carbocycles. The number of nitrogens with zero attached hydrogens (tertiary/aromatic N) is 1. The van der Waals surface area contributed by atoms with Gasteiger partial charge in [0.25, 0.3) is 0 Å². The Hall–Kier alpha value is -2.96. The molecule has 7 heteroatoms. The Labute approximate surface area is 186 Å². The molecule has 5 aliphatic rings. The zero-order valence-corrected chi connectivity index (χ0v) is 18.4. The number of benzene rings is 1. The highest BCUT2D eigenvalue weighted by Crippen LogP contribution is 2.65. The molecule has 1 heterocycles. The molecule has 0 unspecified atom stereocenters. The second-order valence-corrected chi connectivity index (χ2v) is 9.65. The van der Waals surface area contributed by atoms with Gasteiger partial charge in [0.15, 0.2) is 12.4 Å². The third-order valence-corrected chi connectivity index (χ3v) is 7.61. The lowest BCUT2D eigenvalue weighted by Gasteiger charge is -2.37. The molecule has 0 N–H and O–H groups in total. The molecule has 32 heavy (non-hydrogen) atoms. The van der Waals surface area contributed by atoms with Gasteiger partial charge in [-0.3, -0.25) is 19.3 Å². The standard InChI is InChI=1S/C25H27NO6/c1-12(2)22(25(30)32-11-19(27)13-4-6-14(31-3)7-5-13)26-23(28)20-15-8-9-16(18-10-17(15)18)21(20)24(26)29/h4-9,12,15-18,20-22H,10-11H2,1-3H3/t15-,16-,17-,18-,20+,21+,22-/m0/s1. The van der Waals surface area contributed by atoms with Gasteiger partial charge < -0.3 is 9.47 Å². The number of imide groups is 1. The summed E-state index contributed by atoms with van der Waals surface area (Å²) in [5.41, 5.74) is 0.390. The number of carbonyl (C=O) groups excluding carboxylic acids is 4. The Morgan fingerprint density at radius 3 is 2.06 bits per heavy atom. The van der Waals surface area contributed by atoms with E-state index in [-0.39, 0.29) is 47.2 Å². The predicted octanol–water partition coefficient (Wildman–Crippen LogP) is 2.50. The van der Waals surface area contributed by atoms with Crippen molar-refractivity contribution >= 4 is 23.6 Å². The maximum atomic E-state index is 13.4. The van der Waals surface area contributed by atoms with E-state index in [1.807, 2.05) is 0 Å². The van der Waals surface area contributed by atoms with E-state index in [0.717, 1.165) is 11.3 Å². The number of Topliss-reactive ketones (excluding diaryl/α,β-unsaturated/α-hetero) is 1. The van der Waals surface area contributed by atoms with Crippen LogP contribution in [-0.4, -0.2) is 48.2 Å². The van der Waals surface area contributed by atoms with E-state index < -0.39 is 18.6 Å². The van der Waals surface area contributed by atoms with Crippen molar-refractivity contribution in [2.24, 2.45) is 41.4 Å². The van der Waals surface area contributed by atoms with Gasteiger partial charge in [0.1, 0.15) is 11.8 Å². The monoisotopic (exact) mass is 437 g/mol. The first-order valence-corrected chi connectivity index (χ1v) is 11.2. The molecular formula is C25H27NO6. The van der Waals surface area contributed by atoms with Crippen LogP contribution in [-0.2, 0) is 19.1 Å². The number of allylic oxidation sites excluding steroid dienone is 2. The minimum absolute atomic E-state index is 0.0944. The number of ether oxygens (including phenoxy) is 2. The number of rotatable bonds is 7. The van der Waals surface area contributed by atoms with Crippen molar-refractivity contribution in [1.29, 1.82) is 0 Å². The topological polar surface area (TPSA) is 90.0 Å². The average Bonchev–Trinajstić information content (AvgIpc) is 3.58. The number of esters is 1. The molecule has 1 aromatic carbocycles. The lowest BCUT2D eigenvalue weighted by Crippen LogP contribution is -2.49. The summed E-state index contributed by atoms with van der Waals surface area (Å²) in [6.45, 7) is 3.11. The number of ketones is 1. The van der Waals surface area contributed by atoms with Crippen molar-refractivity contribution in [1.82, 2.24) is 4.90 Å². The number of hydrogen-bond acceptors (Lipinski definition) is 6. The molecule has 2 bridgehead atoms. The van der Waals surface area contributed by atoms with Crippen molar-refractivity contribution in [2.75, 3.05) is 13.7 Å². The maximum Gasteiger partial charge on any atom is 0.330 e. The molecule has 4 aliphatic carbocycles. The van der Waals surface area contributed by atoms with Gasteiger partial charge in [-0.25, -0.2) is 4.79 Å². The summed E-state index contributed by atoms with van der Waals surface area (Å²) in [7, 11) is 1.53. The molecule has 1 saturated heterocycles. The minimum atomic E-state index is -1.03. The average molecular weight is 437 g/mol. The van der Waals surface area contributed by atoms with E-state index in [9.17, 15) is 19.2 Å². The van der Waals surface area contributed by atoms with Crippen LogP contribution in [0, 0.1) is 41.4 Å². The molecule has 7 nitrogen and oxygen atoms in total. The highest BCUT2D eigenvalue weighted by Gasteiger charge is 2.68. The van der Waals surface area contributed by atoms with E-state index in [1.165, 1.54) is 7.11 Å². The molecule has 0 radical (unpaired) electrons. The summed E-state index contributed by atoms with van der Waals surface area (Å²) >= 11 is 0. The molecule has 0 spiro atoms. The largest absolute Gasteiger partial charge is 0.497 e. The molecule has 3 fully saturated rings. The van der Waals surface area contributed by atoms with Crippen LogP contribution in [0.4, 0.5) is 0 Å². The molecule has 1 aromatic rings. The van der Waals surface area contributed by atoms with Gasteiger partial charge in [0, 0.05) is 5.56 Å². The third kappa shape index (κ3) is 3.09. The SMILES string of the molecule is COc1ccc(C(=O)COC(=O)[C@H](C(C)C)N2C(=O)[C@@H]3[C@H]4C=C[C@@H]([C@@H]5C[C@@H]45)[C@H]3C2=O)cc1. The van der Waals surface area contributed by atoms with Crippen LogP contribution in [0.3, 0.4) is 0 Å². The summed E-state index contributed by atoms with van der Waals surface area (Å²) in [4.78, 5) is 53.3.